The third-order valence-corrected chi connectivity index (χ3v) is 4.76. The molecule has 4 nitrogen and oxygen atoms in total. The van der Waals surface area contributed by atoms with Crippen LogP contribution in [0, 0.1) is 5.82 Å². The smallest absolute Gasteiger partial charge is 0.256 e. The van der Waals surface area contributed by atoms with E-state index in [1.54, 1.807) is 31.3 Å². The van der Waals surface area contributed by atoms with Crippen LogP contribution in [0.1, 0.15) is 10.4 Å². The number of hydrogen-bond donors (Lipinski definition) is 2. The summed E-state index contributed by atoms with van der Waals surface area (Å²) in [6.45, 7) is 0. The molecular formula is C20H17FN2O2S. The number of halogens is 1. The van der Waals surface area contributed by atoms with Crippen molar-refractivity contribution in [1.29, 1.82) is 0 Å². The third kappa shape index (κ3) is 4.41. The summed E-state index contributed by atoms with van der Waals surface area (Å²) >= 11 is 1.45. The Balaban J connectivity index is 1.79. The van der Waals surface area contributed by atoms with Gasteiger partial charge in [0.15, 0.2) is 0 Å². The van der Waals surface area contributed by atoms with Gasteiger partial charge in [-0.15, -0.1) is 0 Å². The molecule has 0 radical (unpaired) electrons. The summed E-state index contributed by atoms with van der Waals surface area (Å²) in [7, 11) is 1.55. The Morgan fingerprint density at radius 3 is 2.31 bits per heavy atom. The van der Waals surface area contributed by atoms with E-state index < -0.39 is 0 Å². The molecule has 0 bridgehead atoms. The lowest BCUT2D eigenvalue weighted by Gasteiger charge is -2.12. The number of benzene rings is 3. The first-order chi connectivity index (χ1) is 12.5. The lowest BCUT2D eigenvalue weighted by atomic mass is 10.2. The topological polar surface area (TPSA) is 52.6 Å². The second-order valence-electron chi connectivity index (χ2n) is 5.58. The van der Waals surface area contributed by atoms with E-state index in [9.17, 15) is 14.4 Å². The fourth-order valence-corrected chi connectivity index (χ4v) is 3.28. The van der Waals surface area contributed by atoms with Crippen molar-refractivity contribution < 1.29 is 14.4 Å². The molecule has 0 aliphatic heterocycles. The maximum absolute atomic E-state index is 13.0. The Morgan fingerprint density at radius 2 is 1.65 bits per heavy atom. The maximum atomic E-state index is 13.0. The molecule has 0 saturated heterocycles. The molecule has 3 rings (SSSR count). The highest BCUT2D eigenvalue weighted by atomic mass is 32.2. The highest BCUT2D eigenvalue weighted by Crippen LogP contribution is 2.31. The maximum Gasteiger partial charge on any atom is 0.256 e. The van der Waals surface area contributed by atoms with E-state index in [4.69, 9.17) is 0 Å². The zero-order chi connectivity index (χ0) is 18.5. The summed E-state index contributed by atoms with van der Waals surface area (Å²) in [4.78, 5) is 14.3. The molecule has 0 aliphatic rings. The van der Waals surface area contributed by atoms with E-state index in [2.05, 4.69) is 5.32 Å². The standard InChI is InChI=1S/C20H17FN2O2S/c1-23(25)16-10-12-17(13-11-16)26-19-5-3-2-4-18(19)20(24)22-15-8-6-14(21)7-9-15/h2-13,25H,1H3,(H,22,24). The van der Waals surface area contributed by atoms with Crippen molar-refractivity contribution >= 4 is 29.0 Å². The predicted octanol–water partition coefficient (Wildman–Crippen LogP) is 5.05. The molecule has 0 heterocycles. The largest absolute Gasteiger partial charge is 0.322 e. The minimum absolute atomic E-state index is 0.258. The van der Waals surface area contributed by atoms with Crippen LogP contribution in [0.4, 0.5) is 15.8 Å². The van der Waals surface area contributed by atoms with Gasteiger partial charge in [0.2, 0.25) is 0 Å². The van der Waals surface area contributed by atoms with E-state index in [1.165, 1.54) is 36.0 Å². The number of hydrogen-bond acceptors (Lipinski definition) is 4. The lowest BCUT2D eigenvalue weighted by Crippen LogP contribution is -2.12. The second-order valence-corrected chi connectivity index (χ2v) is 6.69. The quantitative estimate of drug-likeness (QED) is 0.619. The number of anilines is 2. The van der Waals surface area contributed by atoms with Gasteiger partial charge in [-0.2, -0.15) is 0 Å². The van der Waals surface area contributed by atoms with Gasteiger partial charge in [-0.1, -0.05) is 23.9 Å². The predicted molar refractivity (Wildman–Crippen MR) is 102 cm³/mol. The van der Waals surface area contributed by atoms with Crippen molar-refractivity contribution in [1.82, 2.24) is 0 Å². The lowest BCUT2D eigenvalue weighted by molar-refractivity contribution is 0.102. The molecule has 0 saturated carbocycles. The number of rotatable bonds is 5. The summed E-state index contributed by atoms with van der Waals surface area (Å²) in [6, 6.07) is 20.3. The monoisotopic (exact) mass is 368 g/mol. The Labute approximate surface area is 155 Å². The average molecular weight is 368 g/mol. The first-order valence-electron chi connectivity index (χ1n) is 7.89. The zero-order valence-electron chi connectivity index (χ0n) is 14.0. The highest BCUT2D eigenvalue weighted by molar-refractivity contribution is 7.99. The van der Waals surface area contributed by atoms with Gasteiger partial charge in [0.1, 0.15) is 5.82 Å². The van der Waals surface area contributed by atoms with Crippen LogP contribution in [0.2, 0.25) is 0 Å². The third-order valence-electron chi connectivity index (χ3n) is 3.67. The van der Waals surface area contributed by atoms with Crippen LogP contribution in [-0.4, -0.2) is 18.2 Å². The van der Waals surface area contributed by atoms with Crippen LogP contribution in [0.15, 0.2) is 82.6 Å². The van der Waals surface area contributed by atoms with Crippen LogP contribution >= 0.6 is 11.8 Å². The van der Waals surface area contributed by atoms with Crippen molar-refractivity contribution in [3.8, 4) is 0 Å². The summed E-state index contributed by atoms with van der Waals surface area (Å²) in [5.41, 5.74) is 1.74. The van der Waals surface area contributed by atoms with Crippen molar-refractivity contribution in [2.75, 3.05) is 17.4 Å². The Hall–Kier alpha value is -2.83. The Kier molecular flexibility index (Phi) is 5.55. The van der Waals surface area contributed by atoms with Crippen molar-refractivity contribution in [2.45, 2.75) is 9.79 Å². The van der Waals surface area contributed by atoms with Crippen LogP contribution in [0.5, 0.6) is 0 Å². The molecule has 0 aromatic heterocycles. The minimum Gasteiger partial charge on any atom is -0.322 e. The molecule has 1 amide bonds. The summed E-state index contributed by atoms with van der Waals surface area (Å²) < 4.78 is 13.0. The molecule has 0 spiro atoms. The summed E-state index contributed by atoms with van der Waals surface area (Å²) in [5, 5.41) is 13.2. The van der Waals surface area contributed by atoms with E-state index >= 15 is 0 Å². The number of carbonyl (C=O) groups is 1. The van der Waals surface area contributed by atoms with Gasteiger partial charge in [0.05, 0.1) is 11.3 Å². The van der Waals surface area contributed by atoms with Gasteiger partial charge in [-0.05, 0) is 60.7 Å². The zero-order valence-corrected chi connectivity index (χ0v) is 14.8. The van der Waals surface area contributed by atoms with E-state index in [0.717, 1.165) is 14.9 Å². The molecule has 2 N–H and O–H groups in total. The van der Waals surface area contributed by atoms with Gasteiger partial charge >= 0.3 is 0 Å². The Morgan fingerprint density at radius 1 is 1.00 bits per heavy atom. The molecule has 0 fully saturated rings. The molecule has 26 heavy (non-hydrogen) atoms. The normalized spacial score (nSPS) is 10.4. The molecule has 0 atom stereocenters. The van der Waals surface area contributed by atoms with E-state index in [1.807, 2.05) is 24.3 Å². The van der Waals surface area contributed by atoms with Gasteiger partial charge in [0.25, 0.3) is 5.91 Å². The first kappa shape index (κ1) is 18.0. The van der Waals surface area contributed by atoms with Crippen molar-refractivity contribution in [3.05, 3.63) is 84.2 Å². The molecule has 3 aromatic rings. The number of nitrogens with one attached hydrogen (secondary N) is 1. The molecule has 3 aromatic carbocycles. The van der Waals surface area contributed by atoms with Crippen molar-refractivity contribution in [2.24, 2.45) is 0 Å². The molecular weight excluding hydrogens is 351 g/mol. The van der Waals surface area contributed by atoms with E-state index in [0.29, 0.717) is 16.9 Å². The number of nitrogens with zero attached hydrogens (tertiary/aromatic N) is 1. The van der Waals surface area contributed by atoms with Gasteiger partial charge in [-0.25, -0.2) is 4.39 Å². The van der Waals surface area contributed by atoms with Crippen molar-refractivity contribution in [3.63, 3.8) is 0 Å². The van der Waals surface area contributed by atoms with Crippen LogP contribution in [0.25, 0.3) is 0 Å². The average Bonchev–Trinajstić information content (AvgIpc) is 2.64. The second kappa shape index (κ2) is 8.03. The first-order valence-corrected chi connectivity index (χ1v) is 8.71. The fourth-order valence-electron chi connectivity index (χ4n) is 2.33. The molecule has 6 heteroatoms. The van der Waals surface area contributed by atoms with Crippen LogP contribution in [0.3, 0.4) is 0 Å². The molecule has 0 aliphatic carbocycles. The number of carbonyl (C=O) groups excluding carboxylic acids is 1. The fraction of sp³-hybridized carbons (Fsp3) is 0.0500. The summed E-state index contributed by atoms with van der Waals surface area (Å²) in [5.74, 6) is -0.609. The number of hydroxylamine groups is 1. The SMILES string of the molecule is CN(O)c1ccc(Sc2ccccc2C(=O)Nc2ccc(F)cc2)cc1. The van der Waals surface area contributed by atoms with Crippen LogP contribution < -0.4 is 10.4 Å². The number of amides is 1. The molecule has 132 valence electrons. The van der Waals surface area contributed by atoms with Gasteiger partial charge in [-0.3, -0.25) is 15.1 Å². The van der Waals surface area contributed by atoms with Gasteiger partial charge < -0.3 is 5.32 Å². The highest BCUT2D eigenvalue weighted by Gasteiger charge is 2.12. The summed E-state index contributed by atoms with van der Waals surface area (Å²) in [6.07, 6.45) is 0. The van der Waals surface area contributed by atoms with E-state index in [-0.39, 0.29) is 11.7 Å². The van der Waals surface area contributed by atoms with Gasteiger partial charge in [0, 0.05) is 22.5 Å². The Bertz CT molecular complexity index is 896. The minimum atomic E-state index is -0.351. The van der Waals surface area contributed by atoms with Crippen LogP contribution in [-0.2, 0) is 0 Å². The molecule has 0 unspecified atom stereocenters.